The second-order valence-electron chi connectivity index (χ2n) is 18.5. The monoisotopic (exact) mass is 883 g/mol. The van der Waals surface area contributed by atoms with Gasteiger partial charge >= 0.3 is 18.0 Å². The van der Waals surface area contributed by atoms with Crippen molar-refractivity contribution in [2.75, 3.05) is 20.7 Å². The van der Waals surface area contributed by atoms with Crippen LogP contribution in [-0.2, 0) is 52.9 Å². The molecule has 17 heteroatoms. The number of nitrogens with one attached hydrogen (secondary N) is 2. The number of hydrogen-bond acceptors (Lipinski definition) is 11. The van der Waals surface area contributed by atoms with Gasteiger partial charge in [-0.1, -0.05) is 87.5 Å². The van der Waals surface area contributed by atoms with E-state index in [1.165, 1.54) is 26.0 Å². The number of likely N-dealkylation sites (tertiary alicyclic amines) is 1. The molecule has 1 aromatic heterocycles. The Hall–Kier alpha value is -6.52. The third kappa shape index (κ3) is 12.6. The molecule has 3 aromatic carbocycles. The van der Waals surface area contributed by atoms with Crippen LogP contribution in [0.15, 0.2) is 72.9 Å². The zero-order valence-electron chi connectivity index (χ0n) is 38.3. The van der Waals surface area contributed by atoms with E-state index < -0.39 is 71.0 Å². The van der Waals surface area contributed by atoms with E-state index in [0.717, 1.165) is 21.2 Å². The summed E-state index contributed by atoms with van der Waals surface area (Å²) in [5.41, 5.74) is 0.421. The minimum Gasteiger partial charge on any atom is -0.487 e. The normalized spacial score (nSPS) is 17.1. The van der Waals surface area contributed by atoms with E-state index in [9.17, 15) is 33.9 Å². The predicted octanol–water partition coefficient (Wildman–Crippen LogP) is 5.10. The number of nitrogens with zero attached hydrogens (tertiary/aromatic N) is 5. The first-order valence-corrected chi connectivity index (χ1v) is 21.3. The SMILES string of the molecule is COC(=O)[C@@H](C)Cc1ccc(OCc2cn([C@H]3C[C@@H](C(=O)N[C@@H](Cc4ccc5ccccc5c4)C(=O)O)N(C(=O)[C@@H](NC(=O)[C@H](C)N(C)C(=O)OC(C)(C)C)C(C)(C)C)C3)nn2)cc1. The number of carbonyl (C=O) groups excluding carboxylic acids is 5. The lowest BCUT2D eigenvalue weighted by Gasteiger charge is -2.37. The van der Waals surface area contributed by atoms with Crippen LogP contribution in [0.2, 0.25) is 0 Å². The van der Waals surface area contributed by atoms with Crippen LogP contribution >= 0.6 is 0 Å². The summed E-state index contributed by atoms with van der Waals surface area (Å²) < 4.78 is 17.8. The molecular weight excluding hydrogens is 823 g/mol. The van der Waals surface area contributed by atoms with Gasteiger partial charge in [0, 0.05) is 26.4 Å². The molecule has 0 radical (unpaired) electrons. The van der Waals surface area contributed by atoms with E-state index >= 15 is 0 Å². The molecule has 1 aliphatic rings. The van der Waals surface area contributed by atoms with E-state index in [1.54, 1.807) is 71.5 Å². The van der Waals surface area contributed by atoms with E-state index in [0.29, 0.717) is 23.4 Å². The molecule has 0 saturated carbocycles. The van der Waals surface area contributed by atoms with Gasteiger partial charge in [-0.2, -0.15) is 0 Å². The molecule has 64 heavy (non-hydrogen) atoms. The summed E-state index contributed by atoms with van der Waals surface area (Å²) in [7, 11) is 2.79. The number of likely N-dealkylation sites (N-methyl/N-ethyl adjacent to an activating group) is 1. The molecular formula is C47H61N7O10. The van der Waals surface area contributed by atoms with E-state index in [-0.39, 0.29) is 37.9 Å². The summed E-state index contributed by atoms with van der Waals surface area (Å²) in [4.78, 5) is 82.7. The minimum absolute atomic E-state index is 0.0124. The van der Waals surface area contributed by atoms with E-state index in [4.69, 9.17) is 14.2 Å². The molecule has 6 atom stereocenters. The summed E-state index contributed by atoms with van der Waals surface area (Å²) in [6.45, 7) is 13.8. The van der Waals surface area contributed by atoms with Gasteiger partial charge in [-0.05, 0) is 73.6 Å². The van der Waals surface area contributed by atoms with Gasteiger partial charge in [0.25, 0.3) is 0 Å². The zero-order valence-corrected chi connectivity index (χ0v) is 38.3. The highest BCUT2D eigenvalue weighted by molar-refractivity contribution is 5.95. The van der Waals surface area contributed by atoms with Crippen molar-refractivity contribution in [2.24, 2.45) is 11.3 Å². The van der Waals surface area contributed by atoms with Crippen LogP contribution in [0.5, 0.6) is 5.75 Å². The van der Waals surface area contributed by atoms with Crippen molar-refractivity contribution in [1.82, 2.24) is 35.4 Å². The number of amides is 4. The Morgan fingerprint density at radius 3 is 2.17 bits per heavy atom. The molecule has 1 aliphatic heterocycles. The molecule has 5 rings (SSSR count). The molecule has 0 aliphatic carbocycles. The molecule has 0 bridgehead atoms. The topological polar surface area (TPSA) is 212 Å². The fraction of sp³-hybridized carbons (Fsp3) is 0.489. The quantitative estimate of drug-likeness (QED) is 0.126. The van der Waals surface area contributed by atoms with Gasteiger partial charge in [0.15, 0.2) is 0 Å². The number of ether oxygens (including phenoxy) is 3. The highest BCUT2D eigenvalue weighted by atomic mass is 16.6. The molecule has 4 aromatic rings. The van der Waals surface area contributed by atoms with Gasteiger partial charge in [-0.3, -0.25) is 24.1 Å². The van der Waals surface area contributed by atoms with Gasteiger partial charge in [-0.15, -0.1) is 5.10 Å². The molecule has 344 valence electrons. The van der Waals surface area contributed by atoms with Gasteiger partial charge in [0.1, 0.15) is 47.8 Å². The first-order chi connectivity index (χ1) is 30.0. The minimum atomic E-state index is -1.33. The summed E-state index contributed by atoms with van der Waals surface area (Å²) >= 11 is 0. The van der Waals surface area contributed by atoms with Crippen molar-refractivity contribution < 1.29 is 48.1 Å². The number of benzene rings is 3. The molecule has 1 saturated heterocycles. The summed E-state index contributed by atoms with van der Waals surface area (Å²) in [5, 5.41) is 26.4. The number of aromatic nitrogens is 3. The van der Waals surface area contributed by atoms with Gasteiger partial charge in [0.05, 0.1) is 25.3 Å². The Morgan fingerprint density at radius 1 is 0.891 bits per heavy atom. The fourth-order valence-corrected chi connectivity index (χ4v) is 7.39. The van der Waals surface area contributed by atoms with Gasteiger partial charge in [0.2, 0.25) is 17.7 Å². The van der Waals surface area contributed by atoms with Gasteiger partial charge < -0.3 is 34.9 Å². The van der Waals surface area contributed by atoms with Crippen molar-refractivity contribution >= 4 is 46.5 Å². The number of fused-ring (bicyclic) bond motifs is 1. The first-order valence-electron chi connectivity index (χ1n) is 21.3. The van der Waals surface area contributed by atoms with Crippen molar-refractivity contribution in [2.45, 2.75) is 117 Å². The largest absolute Gasteiger partial charge is 0.487 e. The standard InChI is InChI=1S/C47H61N7O10/c1-28(44(60)62-10)21-30-16-19-36(20-17-30)63-27-34-25-54(51-50-34)35-24-38(41(56)48-37(43(58)59)23-31-15-18-32-13-11-12-14-33(32)22-31)53(26-35)42(57)39(46(3,4)5)49-40(55)29(2)52(9)45(61)64-47(6,7)8/h11-20,22,25,28-29,35,37-39H,21,23-24,26-27H2,1-10H3,(H,48,56)(H,49,55)(H,58,59)/t28-,29-,35-,37-,38-,39+/m0/s1. The fourth-order valence-electron chi connectivity index (χ4n) is 7.39. The highest BCUT2D eigenvalue weighted by Crippen LogP contribution is 2.32. The van der Waals surface area contributed by atoms with Crippen LogP contribution in [-0.4, -0.2) is 116 Å². The number of carbonyl (C=O) groups is 6. The lowest BCUT2D eigenvalue weighted by molar-refractivity contribution is -0.146. The number of carboxylic acids is 1. The molecule has 4 amide bonds. The number of aliphatic carboxylic acids is 1. The summed E-state index contributed by atoms with van der Waals surface area (Å²) in [6, 6.07) is 15.3. The van der Waals surface area contributed by atoms with Crippen LogP contribution in [0, 0.1) is 11.3 Å². The lowest BCUT2D eigenvalue weighted by atomic mass is 9.85. The Labute approximate surface area is 373 Å². The van der Waals surface area contributed by atoms with E-state index in [1.807, 2.05) is 54.6 Å². The lowest BCUT2D eigenvalue weighted by Crippen LogP contribution is -2.60. The van der Waals surface area contributed by atoms with Gasteiger partial charge in [-0.25, -0.2) is 14.3 Å². The van der Waals surface area contributed by atoms with Crippen molar-refractivity contribution in [3.05, 3.63) is 89.7 Å². The number of esters is 1. The molecule has 1 fully saturated rings. The Kier molecular flexibility index (Phi) is 15.4. The van der Waals surface area contributed by atoms with Crippen molar-refractivity contribution in [1.29, 1.82) is 0 Å². The number of rotatable bonds is 16. The summed E-state index contributed by atoms with van der Waals surface area (Å²) in [6.07, 6.45) is 1.49. The number of hydrogen-bond donors (Lipinski definition) is 3. The van der Waals surface area contributed by atoms with Crippen LogP contribution in [0.3, 0.4) is 0 Å². The van der Waals surface area contributed by atoms with Crippen molar-refractivity contribution in [3.8, 4) is 5.75 Å². The average molecular weight is 884 g/mol. The maximum atomic E-state index is 14.8. The van der Waals surface area contributed by atoms with E-state index in [2.05, 4.69) is 20.9 Å². The second-order valence-corrected chi connectivity index (χ2v) is 18.5. The van der Waals surface area contributed by atoms with Crippen LogP contribution in [0.1, 0.15) is 84.7 Å². The number of methoxy groups -OCH3 is 1. The van der Waals surface area contributed by atoms with Crippen molar-refractivity contribution in [3.63, 3.8) is 0 Å². The maximum Gasteiger partial charge on any atom is 0.410 e. The maximum absolute atomic E-state index is 14.8. The molecule has 0 unspecified atom stereocenters. The Bertz CT molecular complexity index is 2320. The van der Waals surface area contributed by atoms with Crippen LogP contribution in [0.4, 0.5) is 4.79 Å². The third-order valence-corrected chi connectivity index (χ3v) is 11.2. The van der Waals surface area contributed by atoms with Crippen LogP contribution < -0.4 is 15.4 Å². The van der Waals surface area contributed by atoms with Crippen LogP contribution in [0.25, 0.3) is 10.8 Å². The molecule has 2 heterocycles. The summed E-state index contributed by atoms with van der Waals surface area (Å²) in [5.74, 6) is -3.15. The molecule has 0 spiro atoms. The zero-order chi connectivity index (χ0) is 47.1. The third-order valence-electron chi connectivity index (χ3n) is 11.2. The Balaban J connectivity index is 1.37. The molecule has 17 nitrogen and oxygen atoms in total. The molecule has 3 N–H and O–H groups in total. The number of carboxylic acid groups (broad SMARTS) is 1. The Morgan fingerprint density at radius 2 is 1.55 bits per heavy atom. The smallest absolute Gasteiger partial charge is 0.410 e. The second kappa shape index (κ2) is 20.3. The average Bonchev–Trinajstić information content (AvgIpc) is 3.91. The first kappa shape index (κ1) is 48.5. The predicted molar refractivity (Wildman–Crippen MR) is 237 cm³/mol. The highest BCUT2D eigenvalue weighted by Gasteiger charge is 2.47.